The predicted octanol–water partition coefficient (Wildman–Crippen LogP) is 1.59. The highest BCUT2D eigenvalue weighted by atomic mass is 16.6. The SMILES string of the molecule is CCCCOC(=O)N(C)C1CC(=O)C1. The van der Waals surface area contributed by atoms with Gasteiger partial charge in [0.25, 0.3) is 0 Å². The number of ether oxygens (including phenoxy) is 1. The second-order valence-electron chi connectivity index (χ2n) is 3.68. The first-order valence-electron chi connectivity index (χ1n) is 5.06. The molecule has 1 saturated carbocycles. The summed E-state index contributed by atoms with van der Waals surface area (Å²) in [5.41, 5.74) is 0. The maximum atomic E-state index is 11.4. The smallest absolute Gasteiger partial charge is 0.409 e. The first kappa shape index (κ1) is 11.0. The van der Waals surface area contributed by atoms with Gasteiger partial charge < -0.3 is 9.64 Å². The van der Waals surface area contributed by atoms with Gasteiger partial charge in [0.1, 0.15) is 5.78 Å². The number of hydrogen-bond donors (Lipinski definition) is 0. The minimum absolute atomic E-state index is 0.0663. The fraction of sp³-hybridized carbons (Fsp3) is 0.800. The van der Waals surface area contributed by atoms with Crippen LogP contribution in [0.2, 0.25) is 0 Å². The first-order valence-corrected chi connectivity index (χ1v) is 5.06. The van der Waals surface area contributed by atoms with E-state index < -0.39 is 0 Å². The summed E-state index contributed by atoms with van der Waals surface area (Å²) in [5, 5.41) is 0. The number of carbonyl (C=O) groups is 2. The highest BCUT2D eigenvalue weighted by Gasteiger charge is 2.32. The maximum absolute atomic E-state index is 11.4. The van der Waals surface area contributed by atoms with E-state index in [1.54, 1.807) is 7.05 Å². The maximum Gasteiger partial charge on any atom is 0.409 e. The van der Waals surface area contributed by atoms with E-state index in [0.717, 1.165) is 12.8 Å². The molecule has 0 aromatic carbocycles. The van der Waals surface area contributed by atoms with Crippen LogP contribution in [-0.2, 0) is 9.53 Å². The lowest BCUT2D eigenvalue weighted by Crippen LogP contribution is -2.46. The third-order valence-electron chi connectivity index (χ3n) is 2.49. The normalized spacial score (nSPS) is 16.3. The van der Waals surface area contributed by atoms with Crippen molar-refractivity contribution in [3.05, 3.63) is 0 Å². The number of amides is 1. The Morgan fingerprint density at radius 2 is 2.21 bits per heavy atom. The summed E-state index contributed by atoms with van der Waals surface area (Å²) < 4.78 is 5.01. The van der Waals surface area contributed by atoms with Crippen LogP contribution in [0.15, 0.2) is 0 Å². The molecule has 0 radical (unpaired) electrons. The molecule has 0 aliphatic heterocycles. The van der Waals surface area contributed by atoms with E-state index in [0.29, 0.717) is 19.4 Å². The van der Waals surface area contributed by atoms with Crippen molar-refractivity contribution in [3.63, 3.8) is 0 Å². The number of carbonyl (C=O) groups excluding carboxylic acids is 2. The Kier molecular flexibility index (Phi) is 3.92. The standard InChI is InChI=1S/C10H17NO3/c1-3-4-5-14-10(13)11(2)8-6-9(12)7-8/h8H,3-7H2,1-2H3. The molecule has 80 valence electrons. The van der Waals surface area contributed by atoms with E-state index in [4.69, 9.17) is 4.74 Å². The summed E-state index contributed by atoms with van der Waals surface area (Å²) in [7, 11) is 1.69. The number of rotatable bonds is 4. The molecule has 0 unspecified atom stereocenters. The minimum Gasteiger partial charge on any atom is -0.449 e. The average molecular weight is 199 g/mol. The van der Waals surface area contributed by atoms with Gasteiger partial charge in [0.2, 0.25) is 0 Å². The summed E-state index contributed by atoms with van der Waals surface area (Å²) in [6, 6.07) is 0.0663. The summed E-state index contributed by atoms with van der Waals surface area (Å²) >= 11 is 0. The summed E-state index contributed by atoms with van der Waals surface area (Å²) in [4.78, 5) is 23.6. The van der Waals surface area contributed by atoms with E-state index in [2.05, 4.69) is 0 Å². The van der Waals surface area contributed by atoms with Gasteiger partial charge in [-0.2, -0.15) is 0 Å². The third-order valence-corrected chi connectivity index (χ3v) is 2.49. The van der Waals surface area contributed by atoms with Crippen molar-refractivity contribution in [2.24, 2.45) is 0 Å². The monoisotopic (exact) mass is 199 g/mol. The van der Waals surface area contributed by atoms with Crippen LogP contribution in [0.3, 0.4) is 0 Å². The van der Waals surface area contributed by atoms with Crippen LogP contribution in [0.4, 0.5) is 4.79 Å². The Hall–Kier alpha value is -1.06. The molecule has 0 aromatic rings. The quantitative estimate of drug-likeness (QED) is 0.646. The van der Waals surface area contributed by atoms with Crippen LogP contribution in [0.5, 0.6) is 0 Å². The van der Waals surface area contributed by atoms with E-state index in [-0.39, 0.29) is 17.9 Å². The fourth-order valence-corrected chi connectivity index (χ4v) is 1.29. The van der Waals surface area contributed by atoms with Gasteiger partial charge >= 0.3 is 6.09 Å². The van der Waals surface area contributed by atoms with Crippen molar-refractivity contribution >= 4 is 11.9 Å². The third kappa shape index (κ3) is 2.72. The molecule has 4 nitrogen and oxygen atoms in total. The molecular weight excluding hydrogens is 182 g/mol. The molecule has 0 N–H and O–H groups in total. The Balaban J connectivity index is 2.19. The molecule has 0 heterocycles. The van der Waals surface area contributed by atoms with Gasteiger partial charge in [-0.05, 0) is 6.42 Å². The van der Waals surface area contributed by atoms with Gasteiger partial charge in [-0.25, -0.2) is 4.79 Å². The van der Waals surface area contributed by atoms with Crippen LogP contribution >= 0.6 is 0 Å². The molecule has 1 amide bonds. The van der Waals surface area contributed by atoms with Crippen LogP contribution in [0.25, 0.3) is 0 Å². The number of nitrogens with zero attached hydrogens (tertiary/aromatic N) is 1. The Morgan fingerprint density at radius 1 is 1.57 bits per heavy atom. The van der Waals surface area contributed by atoms with Crippen molar-refractivity contribution in [1.29, 1.82) is 0 Å². The zero-order valence-corrected chi connectivity index (χ0v) is 8.78. The minimum atomic E-state index is -0.309. The number of Topliss-reactive ketones (excluding diaryl/α,β-unsaturated/α-hetero) is 1. The molecule has 4 heteroatoms. The fourth-order valence-electron chi connectivity index (χ4n) is 1.29. The van der Waals surface area contributed by atoms with E-state index in [9.17, 15) is 9.59 Å². The van der Waals surface area contributed by atoms with Crippen LogP contribution in [-0.4, -0.2) is 36.5 Å². The first-order chi connectivity index (χ1) is 6.65. The van der Waals surface area contributed by atoms with E-state index >= 15 is 0 Å². The van der Waals surface area contributed by atoms with Gasteiger partial charge in [-0.3, -0.25) is 4.79 Å². The van der Waals surface area contributed by atoms with E-state index in [1.807, 2.05) is 6.92 Å². The van der Waals surface area contributed by atoms with Crippen molar-refractivity contribution in [1.82, 2.24) is 4.90 Å². The highest BCUT2D eigenvalue weighted by Crippen LogP contribution is 2.20. The summed E-state index contributed by atoms with van der Waals surface area (Å²) in [6.45, 7) is 2.52. The Morgan fingerprint density at radius 3 is 2.71 bits per heavy atom. The molecule has 1 rings (SSSR count). The second-order valence-corrected chi connectivity index (χ2v) is 3.68. The number of hydrogen-bond acceptors (Lipinski definition) is 3. The van der Waals surface area contributed by atoms with Gasteiger partial charge in [-0.15, -0.1) is 0 Å². The molecule has 0 aromatic heterocycles. The molecule has 0 atom stereocenters. The molecule has 1 fully saturated rings. The Labute approximate surface area is 84.2 Å². The lowest BCUT2D eigenvalue weighted by Gasteiger charge is -2.32. The predicted molar refractivity (Wildman–Crippen MR) is 52.0 cm³/mol. The van der Waals surface area contributed by atoms with Crippen molar-refractivity contribution < 1.29 is 14.3 Å². The molecule has 1 aliphatic rings. The topological polar surface area (TPSA) is 46.6 Å². The summed E-state index contributed by atoms with van der Waals surface area (Å²) in [5.74, 6) is 0.225. The molecule has 0 bridgehead atoms. The molecule has 14 heavy (non-hydrogen) atoms. The average Bonchev–Trinajstić information content (AvgIpc) is 2.12. The van der Waals surface area contributed by atoms with Crippen molar-refractivity contribution in [3.8, 4) is 0 Å². The van der Waals surface area contributed by atoms with Crippen molar-refractivity contribution in [2.75, 3.05) is 13.7 Å². The van der Waals surface area contributed by atoms with Crippen LogP contribution < -0.4 is 0 Å². The number of unbranched alkanes of at least 4 members (excludes halogenated alkanes) is 1. The highest BCUT2D eigenvalue weighted by molar-refractivity contribution is 5.87. The summed E-state index contributed by atoms with van der Waals surface area (Å²) in [6.07, 6.45) is 2.57. The molecular formula is C10H17NO3. The zero-order chi connectivity index (χ0) is 10.6. The molecule has 1 aliphatic carbocycles. The van der Waals surface area contributed by atoms with Gasteiger partial charge in [0, 0.05) is 25.9 Å². The number of ketones is 1. The largest absolute Gasteiger partial charge is 0.449 e. The molecule has 0 saturated heterocycles. The zero-order valence-electron chi connectivity index (χ0n) is 8.78. The van der Waals surface area contributed by atoms with E-state index in [1.165, 1.54) is 4.90 Å². The van der Waals surface area contributed by atoms with Gasteiger partial charge in [0.15, 0.2) is 0 Å². The molecule has 0 spiro atoms. The van der Waals surface area contributed by atoms with Gasteiger partial charge in [0.05, 0.1) is 6.61 Å². The van der Waals surface area contributed by atoms with Crippen LogP contribution in [0, 0.1) is 0 Å². The second kappa shape index (κ2) is 4.98. The van der Waals surface area contributed by atoms with Crippen molar-refractivity contribution in [2.45, 2.75) is 38.6 Å². The van der Waals surface area contributed by atoms with Crippen LogP contribution in [0.1, 0.15) is 32.6 Å². The Bertz CT molecular complexity index is 219. The lowest BCUT2D eigenvalue weighted by molar-refractivity contribution is -0.127. The van der Waals surface area contributed by atoms with Gasteiger partial charge in [-0.1, -0.05) is 13.3 Å². The lowest BCUT2D eigenvalue weighted by atomic mass is 9.90.